The first-order valence-electron chi connectivity index (χ1n) is 6.33. The molecule has 1 aromatic carbocycles. The van der Waals surface area contributed by atoms with Crippen LogP contribution in [0.2, 0.25) is 0 Å². The van der Waals surface area contributed by atoms with Crippen LogP contribution >= 0.6 is 0 Å². The van der Waals surface area contributed by atoms with Crippen LogP contribution < -0.4 is 4.74 Å². The highest BCUT2D eigenvalue weighted by Gasteiger charge is 2.19. The Morgan fingerprint density at radius 1 is 1.11 bits per heavy atom. The summed E-state index contributed by atoms with van der Waals surface area (Å²) in [7, 11) is 0. The van der Waals surface area contributed by atoms with Gasteiger partial charge in [-0.2, -0.15) is 0 Å². The van der Waals surface area contributed by atoms with Crippen molar-refractivity contribution in [3.63, 3.8) is 0 Å². The predicted molar refractivity (Wildman–Crippen MR) is 75.4 cm³/mol. The zero-order chi connectivity index (χ0) is 13.9. The van der Waals surface area contributed by atoms with Gasteiger partial charge in [0, 0.05) is 23.5 Å². The van der Waals surface area contributed by atoms with Crippen molar-refractivity contribution in [2.75, 3.05) is 0 Å². The number of para-hydroxylation sites is 1. The topological polar surface area (TPSA) is 42.4 Å². The van der Waals surface area contributed by atoms with Gasteiger partial charge in [-0.1, -0.05) is 39.0 Å². The van der Waals surface area contributed by atoms with Gasteiger partial charge < -0.3 is 9.84 Å². The lowest BCUT2D eigenvalue weighted by atomic mass is 9.86. The summed E-state index contributed by atoms with van der Waals surface area (Å²) in [4.78, 5) is 3.99. The molecule has 0 atom stereocenters. The largest absolute Gasteiger partial charge is 0.457 e. The first-order valence-corrected chi connectivity index (χ1v) is 6.33. The van der Waals surface area contributed by atoms with Gasteiger partial charge >= 0.3 is 0 Å². The van der Waals surface area contributed by atoms with E-state index in [0.29, 0.717) is 11.3 Å². The second-order valence-electron chi connectivity index (χ2n) is 5.49. The van der Waals surface area contributed by atoms with Crippen LogP contribution in [0.25, 0.3) is 0 Å². The molecule has 100 valence electrons. The van der Waals surface area contributed by atoms with Gasteiger partial charge in [0.2, 0.25) is 0 Å². The second kappa shape index (κ2) is 5.41. The summed E-state index contributed by atoms with van der Waals surface area (Å²) in [5.74, 6) is 1.46. The number of aromatic nitrogens is 1. The lowest BCUT2D eigenvalue weighted by molar-refractivity contribution is 0.275. The van der Waals surface area contributed by atoms with Gasteiger partial charge in [-0.25, -0.2) is 0 Å². The molecular weight excluding hydrogens is 238 g/mol. The van der Waals surface area contributed by atoms with Crippen LogP contribution in [0.1, 0.15) is 31.9 Å². The molecule has 1 aromatic heterocycles. The SMILES string of the molecule is CC(C)(C)c1ccccc1Oc1ccncc1CO. The van der Waals surface area contributed by atoms with E-state index in [-0.39, 0.29) is 12.0 Å². The van der Waals surface area contributed by atoms with E-state index in [0.717, 1.165) is 11.3 Å². The molecule has 3 nitrogen and oxygen atoms in total. The molecule has 0 bridgehead atoms. The van der Waals surface area contributed by atoms with Crippen molar-refractivity contribution in [1.82, 2.24) is 4.98 Å². The van der Waals surface area contributed by atoms with Gasteiger partial charge in [0.05, 0.1) is 6.61 Å². The Bertz CT molecular complexity index is 559. The van der Waals surface area contributed by atoms with Gasteiger partial charge in [0.1, 0.15) is 11.5 Å². The molecule has 2 aromatic rings. The third-order valence-electron chi connectivity index (χ3n) is 2.94. The van der Waals surface area contributed by atoms with Crippen molar-refractivity contribution in [3.05, 3.63) is 53.9 Å². The summed E-state index contributed by atoms with van der Waals surface area (Å²) in [6, 6.07) is 9.74. The molecule has 0 spiro atoms. The number of rotatable bonds is 3. The molecule has 3 heteroatoms. The van der Waals surface area contributed by atoms with Gasteiger partial charge in [0.15, 0.2) is 0 Å². The summed E-state index contributed by atoms with van der Waals surface area (Å²) >= 11 is 0. The fourth-order valence-corrected chi connectivity index (χ4v) is 1.93. The average molecular weight is 257 g/mol. The van der Waals surface area contributed by atoms with E-state index in [1.807, 2.05) is 18.2 Å². The minimum Gasteiger partial charge on any atom is -0.457 e. The third kappa shape index (κ3) is 3.12. The Morgan fingerprint density at radius 3 is 2.53 bits per heavy atom. The van der Waals surface area contributed by atoms with Gasteiger partial charge in [-0.05, 0) is 17.5 Å². The third-order valence-corrected chi connectivity index (χ3v) is 2.94. The highest BCUT2D eigenvalue weighted by Crippen LogP contribution is 2.34. The maximum atomic E-state index is 9.31. The number of ether oxygens (including phenoxy) is 1. The van der Waals surface area contributed by atoms with Crippen LogP contribution in [-0.2, 0) is 12.0 Å². The second-order valence-corrected chi connectivity index (χ2v) is 5.49. The Hall–Kier alpha value is -1.87. The monoisotopic (exact) mass is 257 g/mol. The molecule has 0 saturated carbocycles. The minimum atomic E-state index is -0.0825. The van der Waals surface area contributed by atoms with Crippen LogP contribution in [0.5, 0.6) is 11.5 Å². The summed E-state index contributed by atoms with van der Waals surface area (Å²) in [5, 5.41) is 9.31. The van der Waals surface area contributed by atoms with E-state index in [4.69, 9.17) is 4.74 Å². The van der Waals surface area contributed by atoms with Gasteiger partial charge in [-0.3, -0.25) is 4.98 Å². The highest BCUT2D eigenvalue weighted by molar-refractivity contribution is 5.43. The number of aliphatic hydroxyl groups is 1. The normalized spacial score (nSPS) is 11.4. The number of benzene rings is 1. The maximum Gasteiger partial charge on any atom is 0.136 e. The van der Waals surface area contributed by atoms with Crippen LogP contribution in [0.15, 0.2) is 42.7 Å². The minimum absolute atomic E-state index is 0.00298. The van der Waals surface area contributed by atoms with Crippen molar-refractivity contribution in [2.45, 2.75) is 32.8 Å². The zero-order valence-electron chi connectivity index (χ0n) is 11.6. The number of hydrogen-bond donors (Lipinski definition) is 1. The molecule has 0 unspecified atom stereocenters. The summed E-state index contributed by atoms with van der Waals surface area (Å²) in [6.45, 7) is 6.36. The lowest BCUT2D eigenvalue weighted by Gasteiger charge is -2.23. The van der Waals surface area contributed by atoms with E-state index in [1.54, 1.807) is 18.5 Å². The lowest BCUT2D eigenvalue weighted by Crippen LogP contribution is -2.12. The van der Waals surface area contributed by atoms with Crippen molar-refractivity contribution >= 4 is 0 Å². The predicted octanol–water partition coefficient (Wildman–Crippen LogP) is 3.66. The van der Waals surface area contributed by atoms with Crippen molar-refractivity contribution in [1.29, 1.82) is 0 Å². The number of nitrogens with zero attached hydrogens (tertiary/aromatic N) is 1. The van der Waals surface area contributed by atoms with E-state index in [1.165, 1.54) is 0 Å². The zero-order valence-corrected chi connectivity index (χ0v) is 11.6. The molecule has 1 N–H and O–H groups in total. The van der Waals surface area contributed by atoms with E-state index >= 15 is 0 Å². The fraction of sp³-hybridized carbons (Fsp3) is 0.312. The molecule has 19 heavy (non-hydrogen) atoms. The first-order chi connectivity index (χ1) is 9.02. The maximum absolute atomic E-state index is 9.31. The van der Waals surface area contributed by atoms with Crippen molar-refractivity contribution in [2.24, 2.45) is 0 Å². The first kappa shape index (κ1) is 13.6. The summed E-state index contributed by atoms with van der Waals surface area (Å²) < 4.78 is 5.96. The van der Waals surface area contributed by atoms with Crippen molar-refractivity contribution < 1.29 is 9.84 Å². The number of hydrogen-bond acceptors (Lipinski definition) is 3. The molecule has 0 aliphatic heterocycles. The Kier molecular flexibility index (Phi) is 3.86. The molecule has 1 heterocycles. The van der Waals surface area contributed by atoms with E-state index in [9.17, 15) is 5.11 Å². The van der Waals surface area contributed by atoms with Crippen LogP contribution in [0, 0.1) is 0 Å². The quantitative estimate of drug-likeness (QED) is 0.912. The molecule has 0 saturated heterocycles. The van der Waals surface area contributed by atoms with Crippen LogP contribution in [0.4, 0.5) is 0 Å². The molecule has 0 aliphatic rings. The van der Waals surface area contributed by atoms with Gasteiger partial charge in [0.25, 0.3) is 0 Å². The van der Waals surface area contributed by atoms with Crippen LogP contribution in [0.3, 0.4) is 0 Å². The average Bonchev–Trinajstić information content (AvgIpc) is 2.39. The highest BCUT2D eigenvalue weighted by atomic mass is 16.5. The summed E-state index contributed by atoms with van der Waals surface area (Å²) in [5.41, 5.74) is 1.82. The summed E-state index contributed by atoms with van der Waals surface area (Å²) in [6.07, 6.45) is 3.28. The smallest absolute Gasteiger partial charge is 0.136 e. The molecule has 0 amide bonds. The Labute approximate surface area is 113 Å². The van der Waals surface area contributed by atoms with Crippen LogP contribution in [-0.4, -0.2) is 10.1 Å². The van der Waals surface area contributed by atoms with Crippen molar-refractivity contribution in [3.8, 4) is 11.5 Å². The molecule has 0 fully saturated rings. The van der Waals surface area contributed by atoms with Gasteiger partial charge in [-0.15, -0.1) is 0 Å². The Balaban J connectivity index is 2.39. The number of pyridine rings is 1. The van der Waals surface area contributed by atoms with E-state index < -0.39 is 0 Å². The molecule has 0 radical (unpaired) electrons. The Morgan fingerprint density at radius 2 is 1.84 bits per heavy atom. The standard InChI is InChI=1S/C16H19NO2/c1-16(2,3)13-6-4-5-7-15(13)19-14-8-9-17-10-12(14)11-18/h4-10,18H,11H2,1-3H3. The molecular formula is C16H19NO2. The number of aliphatic hydroxyl groups excluding tert-OH is 1. The molecule has 0 aliphatic carbocycles. The van der Waals surface area contributed by atoms with E-state index in [2.05, 4.69) is 31.8 Å². The molecule has 2 rings (SSSR count). The fourth-order valence-electron chi connectivity index (χ4n) is 1.93.